The quantitative estimate of drug-likeness (QED) is 0.346. The molecule has 0 aromatic carbocycles. The molecule has 8 nitrogen and oxygen atoms in total. The Kier molecular flexibility index (Phi) is 8.31. The monoisotopic (exact) mass is 533 g/mol. The lowest BCUT2D eigenvalue weighted by atomic mass is 9.88. The number of piperidine rings is 1. The number of nitrogens with one attached hydrogen (secondary N) is 1. The van der Waals surface area contributed by atoms with Crippen LogP contribution in [-0.4, -0.2) is 68.6 Å². The first-order chi connectivity index (χ1) is 17.2. The number of aliphatic imine (C=N–C) groups is 2. The molecule has 1 aromatic heterocycles. The van der Waals surface area contributed by atoms with Crippen molar-refractivity contribution in [3.63, 3.8) is 0 Å². The zero-order valence-electron chi connectivity index (χ0n) is 21.7. The highest BCUT2D eigenvalue weighted by molar-refractivity contribution is 6.30. The predicted octanol–water partition coefficient (Wildman–Crippen LogP) is 4.63. The van der Waals surface area contributed by atoms with Gasteiger partial charge in [-0.05, 0) is 65.7 Å². The Morgan fingerprint density at radius 1 is 1.31 bits per heavy atom. The molecule has 1 aliphatic heterocycles. The van der Waals surface area contributed by atoms with Gasteiger partial charge in [0.05, 0.1) is 34.8 Å². The number of likely N-dealkylation sites (tertiary alicyclic amines) is 1. The minimum Gasteiger partial charge on any atom is -0.348 e. The molecule has 0 bridgehead atoms. The third-order valence-electron chi connectivity index (χ3n) is 7.66. The first kappa shape index (κ1) is 26.9. The minimum atomic E-state index is -0.347. The number of aromatic nitrogens is 2. The van der Waals surface area contributed by atoms with Crippen LogP contribution in [0.4, 0.5) is 0 Å². The maximum Gasteiger partial charge on any atom is 0.225 e. The summed E-state index contributed by atoms with van der Waals surface area (Å²) in [6.45, 7) is 7.37. The van der Waals surface area contributed by atoms with E-state index in [-0.39, 0.29) is 40.0 Å². The van der Waals surface area contributed by atoms with Gasteiger partial charge in [-0.15, -0.1) is 23.2 Å². The molecule has 2 saturated carbocycles. The number of nitriles is 1. The minimum absolute atomic E-state index is 0.0378. The molecule has 36 heavy (non-hydrogen) atoms. The molecule has 1 amide bonds. The highest BCUT2D eigenvalue weighted by Crippen LogP contribution is 2.38. The van der Waals surface area contributed by atoms with Crippen LogP contribution in [0.3, 0.4) is 0 Å². The van der Waals surface area contributed by atoms with Gasteiger partial charge in [-0.2, -0.15) is 5.26 Å². The summed E-state index contributed by atoms with van der Waals surface area (Å²) in [5.74, 6) is 2.35. The van der Waals surface area contributed by atoms with Crippen molar-refractivity contribution in [1.29, 1.82) is 5.26 Å². The van der Waals surface area contributed by atoms with E-state index in [4.69, 9.17) is 33.2 Å². The van der Waals surface area contributed by atoms with Gasteiger partial charge in [-0.1, -0.05) is 0 Å². The van der Waals surface area contributed by atoms with Crippen LogP contribution >= 0.6 is 23.2 Å². The smallest absolute Gasteiger partial charge is 0.225 e. The van der Waals surface area contributed by atoms with Gasteiger partial charge < -0.3 is 10.2 Å². The molecule has 0 radical (unpaired) electrons. The number of guanidine groups is 1. The Balaban J connectivity index is 1.58. The number of nitrogens with zero attached hydrogens (tertiary/aromatic N) is 6. The number of hydrogen-bond donors (Lipinski definition) is 1. The normalized spacial score (nSPS) is 30.6. The maximum absolute atomic E-state index is 12.7. The standard InChI is InChI=1S/C26H37Cl2N7O/c1-16(13-29)22-14-31-23(19-8-9-20(27)21(28)12-19)35(22)17(2)32-25(30-4)33-26(3)10-5-11-34(15-26)24(36)18-6-7-18/h14,16,18-21H,5-12,15H2,1-4H3,(H,30,33)/b32-17+/t16-,19?,20?,21?,26-/m1/s1. The number of amides is 1. The summed E-state index contributed by atoms with van der Waals surface area (Å²) in [5.41, 5.74) is 0.486. The lowest BCUT2D eigenvalue weighted by Crippen LogP contribution is -2.58. The van der Waals surface area contributed by atoms with Crippen molar-refractivity contribution < 1.29 is 4.79 Å². The second kappa shape index (κ2) is 11.1. The summed E-state index contributed by atoms with van der Waals surface area (Å²) in [6, 6.07) is 2.33. The van der Waals surface area contributed by atoms with Gasteiger partial charge >= 0.3 is 0 Å². The van der Waals surface area contributed by atoms with Crippen molar-refractivity contribution >= 4 is 40.9 Å². The molecule has 1 N–H and O–H groups in total. The van der Waals surface area contributed by atoms with Crippen LogP contribution in [-0.2, 0) is 4.79 Å². The molecular formula is C26H37Cl2N7O. The number of rotatable bonds is 4. The van der Waals surface area contributed by atoms with Gasteiger partial charge in [0.1, 0.15) is 11.7 Å². The predicted molar refractivity (Wildman–Crippen MR) is 144 cm³/mol. The van der Waals surface area contributed by atoms with Gasteiger partial charge in [0.15, 0.2) is 0 Å². The van der Waals surface area contributed by atoms with E-state index in [0.29, 0.717) is 18.3 Å². The van der Waals surface area contributed by atoms with Gasteiger partial charge in [0.25, 0.3) is 0 Å². The average Bonchev–Trinajstić information content (AvgIpc) is 3.61. The van der Waals surface area contributed by atoms with E-state index in [1.165, 1.54) is 0 Å². The van der Waals surface area contributed by atoms with Crippen molar-refractivity contribution in [2.45, 2.75) is 93.8 Å². The number of carbonyl (C=O) groups excluding carboxylic acids is 1. The number of carbonyl (C=O) groups is 1. The van der Waals surface area contributed by atoms with Crippen LogP contribution in [0.5, 0.6) is 0 Å². The average molecular weight is 535 g/mol. The molecule has 3 fully saturated rings. The molecule has 1 saturated heterocycles. The Morgan fingerprint density at radius 2 is 2.06 bits per heavy atom. The van der Waals surface area contributed by atoms with Crippen LogP contribution < -0.4 is 5.32 Å². The fraction of sp³-hybridized carbons (Fsp3) is 0.731. The summed E-state index contributed by atoms with van der Waals surface area (Å²) < 4.78 is 2.00. The lowest BCUT2D eigenvalue weighted by Gasteiger charge is -2.41. The zero-order chi connectivity index (χ0) is 26.0. The van der Waals surface area contributed by atoms with Crippen LogP contribution in [0.1, 0.15) is 89.1 Å². The van der Waals surface area contributed by atoms with E-state index >= 15 is 0 Å². The number of alkyl halides is 2. The summed E-state index contributed by atoms with van der Waals surface area (Å²) in [4.78, 5) is 28.7. The maximum atomic E-state index is 12.7. The van der Waals surface area contributed by atoms with E-state index in [0.717, 1.165) is 63.0 Å². The Bertz CT molecular complexity index is 1070. The van der Waals surface area contributed by atoms with Crippen LogP contribution in [0.2, 0.25) is 0 Å². The highest BCUT2D eigenvalue weighted by Gasteiger charge is 2.39. The molecule has 10 heteroatoms. The molecular weight excluding hydrogens is 497 g/mol. The third kappa shape index (κ3) is 5.89. The third-order valence-corrected chi connectivity index (χ3v) is 8.80. The van der Waals surface area contributed by atoms with E-state index in [1.54, 1.807) is 13.2 Å². The van der Waals surface area contributed by atoms with Crippen LogP contribution in [0.15, 0.2) is 16.2 Å². The van der Waals surface area contributed by atoms with Gasteiger partial charge in [-0.3, -0.25) is 14.4 Å². The molecule has 1 aromatic rings. The van der Waals surface area contributed by atoms with E-state index in [2.05, 4.69) is 23.3 Å². The van der Waals surface area contributed by atoms with Crippen molar-refractivity contribution in [2.75, 3.05) is 20.1 Å². The Hall–Kier alpha value is -2.11. The number of imidazole rings is 1. The molecule has 3 aliphatic rings. The first-order valence-corrected chi connectivity index (χ1v) is 13.9. The van der Waals surface area contributed by atoms with Gasteiger partial charge in [-0.25, -0.2) is 9.98 Å². The number of halogens is 2. The van der Waals surface area contributed by atoms with E-state index in [9.17, 15) is 10.1 Å². The second-order valence-corrected chi connectivity index (χ2v) is 11.9. The Labute approximate surface area is 224 Å². The van der Waals surface area contributed by atoms with Crippen molar-refractivity contribution in [2.24, 2.45) is 15.9 Å². The molecule has 2 aliphatic carbocycles. The van der Waals surface area contributed by atoms with Crippen LogP contribution in [0.25, 0.3) is 0 Å². The van der Waals surface area contributed by atoms with E-state index < -0.39 is 0 Å². The topological polar surface area (TPSA) is 98.7 Å². The largest absolute Gasteiger partial charge is 0.348 e. The fourth-order valence-electron chi connectivity index (χ4n) is 5.43. The first-order valence-electron chi connectivity index (χ1n) is 13.0. The molecule has 5 atom stereocenters. The van der Waals surface area contributed by atoms with Crippen LogP contribution in [0, 0.1) is 17.2 Å². The molecule has 0 spiro atoms. The summed E-state index contributed by atoms with van der Waals surface area (Å²) in [5, 5.41) is 13.0. The summed E-state index contributed by atoms with van der Waals surface area (Å²) >= 11 is 12.9. The lowest BCUT2D eigenvalue weighted by molar-refractivity contribution is -0.134. The fourth-order valence-corrected chi connectivity index (χ4v) is 6.00. The van der Waals surface area contributed by atoms with Gasteiger partial charge in [0, 0.05) is 37.4 Å². The SMILES string of the molecule is C/N=C(\N=C(/C)n1c([C@H](C)C#N)cnc1C1CCC(Cl)C(Cl)C1)N[C@]1(C)CCCN(C(=O)C2CC2)C1. The zero-order valence-corrected chi connectivity index (χ0v) is 23.2. The van der Waals surface area contributed by atoms with E-state index in [1.807, 2.05) is 23.3 Å². The molecule has 4 rings (SSSR count). The number of hydrogen-bond acceptors (Lipinski definition) is 4. The van der Waals surface area contributed by atoms with Crippen molar-refractivity contribution in [3.8, 4) is 6.07 Å². The van der Waals surface area contributed by atoms with Gasteiger partial charge in [0.2, 0.25) is 11.9 Å². The Morgan fingerprint density at radius 3 is 2.69 bits per heavy atom. The molecule has 3 unspecified atom stereocenters. The summed E-state index contributed by atoms with van der Waals surface area (Å²) in [6.07, 6.45) is 8.12. The summed E-state index contributed by atoms with van der Waals surface area (Å²) in [7, 11) is 1.71. The molecule has 196 valence electrons. The second-order valence-electron chi connectivity index (χ2n) is 10.8. The highest BCUT2D eigenvalue weighted by atomic mass is 35.5. The van der Waals surface area contributed by atoms with Crippen molar-refractivity contribution in [1.82, 2.24) is 19.8 Å². The molecule has 2 heterocycles. The van der Waals surface area contributed by atoms with Crippen molar-refractivity contribution in [3.05, 3.63) is 17.7 Å².